The number of rotatable bonds is 4. The van der Waals surface area contributed by atoms with Crippen molar-refractivity contribution in [2.75, 3.05) is 20.3 Å². The monoisotopic (exact) mass is 306 g/mol. The summed E-state index contributed by atoms with van der Waals surface area (Å²) in [4.78, 5) is 25.0. The van der Waals surface area contributed by atoms with Crippen LogP contribution in [0.1, 0.15) is 35.3 Å². The zero-order chi connectivity index (χ0) is 15.9. The first kappa shape index (κ1) is 14.6. The highest BCUT2D eigenvalue weighted by Gasteiger charge is 2.48. The molecule has 2 N–H and O–H groups in total. The standard InChI is InChI=1S/C15H18N2O5/c1-15-8-11(16-14(20)17(15)5-6-21-2)10-7-9(13(18)19)3-4-12(10)22-15/h3-4,7,11H,5-6,8H2,1-2H3,(H,16,20)(H,18,19). The lowest BCUT2D eigenvalue weighted by Gasteiger charge is -2.50. The van der Waals surface area contributed by atoms with E-state index >= 15 is 0 Å². The van der Waals surface area contributed by atoms with Crippen LogP contribution in [0.25, 0.3) is 0 Å². The van der Waals surface area contributed by atoms with Crippen molar-refractivity contribution >= 4 is 12.0 Å². The minimum atomic E-state index is -1.00. The van der Waals surface area contributed by atoms with Crippen LogP contribution in [0.5, 0.6) is 5.75 Å². The number of carbonyl (C=O) groups excluding carboxylic acids is 1. The van der Waals surface area contributed by atoms with Crippen molar-refractivity contribution in [1.29, 1.82) is 0 Å². The van der Waals surface area contributed by atoms with Crippen LogP contribution >= 0.6 is 0 Å². The highest BCUT2D eigenvalue weighted by Crippen LogP contribution is 2.44. The van der Waals surface area contributed by atoms with Gasteiger partial charge in [-0.2, -0.15) is 0 Å². The van der Waals surface area contributed by atoms with E-state index in [4.69, 9.17) is 14.6 Å². The molecule has 0 radical (unpaired) electrons. The molecule has 0 saturated carbocycles. The summed E-state index contributed by atoms with van der Waals surface area (Å²) in [6.45, 7) is 2.71. The normalized spacial score (nSPS) is 26.0. The molecular formula is C15H18N2O5. The number of methoxy groups -OCH3 is 1. The van der Waals surface area contributed by atoms with Crippen LogP contribution in [-0.4, -0.2) is 48.0 Å². The molecular weight excluding hydrogens is 288 g/mol. The molecule has 1 aromatic rings. The van der Waals surface area contributed by atoms with Gasteiger partial charge in [0.15, 0.2) is 5.72 Å². The highest BCUT2D eigenvalue weighted by molar-refractivity contribution is 5.88. The number of ether oxygens (including phenoxy) is 2. The van der Waals surface area contributed by atoms with Crippen LogP contribution in [0.15, 0.2) is 18.2 Å². The van der Waals surface area contributed by atoms with Gasteiger partial charge in [-0.15, -0.1) is 0 Å². The lowest BCUT2D eigenvalue weighted by atomic mass is 9.89. The van der Waals surface area contributed by atoms with E-state index in [1.807, 2.05) is 6.92 Å². The second-order valence-electron chi connectivity index (χ2n) is 5.69. The lowest BCUT2D eigenvalue weighted by molar-refractivity contribution is -0.0892. The number of aromatic carboxylic acids is 1. The van der Waals surface area contributed by atoms with Crippen molar-refractivity contribution in [2.24, 2.45) is 0 Å². The molecule has 1 fully saturated rings. The molecule has 2 aliphatic rings. The van der Waals surface area contributed by atoms with Crippen LogP contribution < -0.4 is 10.1 Å². The summed E-state index contributed by atoms with van der Waals surface area (Å²) in [6, 6.07) is 4.23. The van der Waals surface area contributed by atoms with Gasteiger partial charge in [-0.1, -0.05) is 0 Å². The Kier molecular flexibility index (Phi) is 3.44. The number of hydrogen-bond acceptors (Lipinski definition) is 4. The van der Waals surface area contributed by atoms with Crippen molar-refractivity contribution in [1.82, 2.24) is 10.2 Å². The number of carboxylic acids is 1. The molecule has 22 heavy (non-hydrogen) atoms. The third kappa shape index (κ3) is 2.27. The van der Waals surface area contributed by atoms with Crippen molar-refractivity contribution in [3.05, 3.63) is 29.3 Å². The van der Waals surface area contributed by atoms with E-state index in [2.05, 4.69) is 5.32 Å². The van der Waals surface area contributed by atoms with Gasteiger partial charge in [0.2, 0.25) is 0 Å². The van der Waals surface area contributed by atoms with Crippen LogP contribution in [0, 0.1) is 0 Å². The Hall–Kier alpha value is -2.28. The first-order valence-electron chi connectivity index (χ1n) is 7.08. The fourth-order valence-corrected chi connectivity index (χ4v) is 3.07. The summed E-state index contributed by atoms with van der Waals surface area (Å²) in [5.41, 5.74) is 0.127. The number of fused-ring (bicyclic) bond motifs is 4. The minimum Gasteiger partial charge on any atom is -0.478 e. The Balaban J connectivity index is 1.96. The molecule has 0 spiro atoms. The largest absolute Gasteiger partial charge is 0.478 e. The van der Waals surface area contributed by atoms with Crippen LogP contribution in [0.4, 0.5) is 4.79 Å². The summed E-state index contributed by atoms with van der Waals surface area (Å²) >= 11 is 0. The maximum Gasteiger partial charge on any atom is 0.335 e. The predicted octanol–water partition coefficient (Wildman–Crippen LogP) is 1.60. The molecule has 2 heterocycles. The van der Waals surface area contributed by atoms with Crippen molar-refractivity contribution in [3.63, 3.8) is 0 Å². The summed E-state index contributed by atoms with van der Waals surface area (Å²) in [5, 5.41) is 12.0. The smallest absolute Gasteiger partial charge is 0.335 e. The van der Waals surface area contributed by atoms with Gasteiger partial charge in [0.05, 0.1) is 18.2 Å². The van der Waals surface area contributed by atoms with Gasteiger partial charge < -0.3 is 19.9 Å². The first-order valence-corrected chi connectivity index (χ1v) is 7.08. The molecule has 3 rings (SSSR count). The third-order valence-electron chi connectivity index (χ3n) is 4.18. The molecule has 1 aromatic carbocycles. The van der Waals surface area contributed by atoms with Crippen LogP contribution in [0.3, 0.4) is 0 Å². The number of urea groups is 1. The van der Waals surface area contributed by atoms with E-state index in [1.165, 1.54) is 6.07 Å². The van der Waals surface area contributed by atoms with Gasteiger partial charge in [-0.25, -0.2) is 9.59 Å². The predicted molar refractivity (Wildman–Crippen MR) is 76.9 cm³/mol. The highest BCUT2D eigenvalue weighted by atomic mass is 16.5. The van der Waals surface area contributed by atoms with Crippen molar-refractivity contribution < 1.29 is 24.2 Å². The van der Waals surface area contributed by atoms with Gasteiger partial charge in [0, 0.05) is 25.6 Å². The lowest BCUT2D eigenvalue weighted by Crippen LogP contribution is -2.65. The number of hydrogen-bond donors (Lipinski definition) is 2. The zero-order valence-electron chi connectivity index (χ0n) is 12.5. The maximum atomic E-state index is 12.3. The number of amides is 2. The number of carboxylic acid groups (broad SMARTS) is 1. The molecule has 2 atom stereocenters. The fraction of sp³-hybridized carbons (Fsp3) is 0.467. The van der Waals surface area contributed by atoms with Gasteiger partial charge in [-0.3, -0.25) is 4.90 Å². The molecule has 2 bridgehead atoms. The molecule has 2 amide bonds. The molecule has 0 aliphatic carbocycles. The summed E-state index contributed by atoms with van der Waals surface area (Å²) in [5.74, 6) is -0.397. The second-order valence-corrected chi connectivity index (χ2v) is 5.69. The summed E-state index contributed by atoms with van der Waals surface area (Å²) < 4.78 is 11.1. The average molecular weight is 306 g/mol. The topological polar surface area (TPSA) is 88.1 Å². The fourth-order valence-electron chi connectivity index (χ4n) is 3.07. The SMILES string of the molecule is COCCN1C(=O)NC2CC1(C)Oc1ccc(C(=O)O)cc12. The Bertz CT molecular complexity index is 632. The average Bonchev–Trinajstić information content (AvgIpc) is 2.46. The van der Waals surface area contributed by atoms with Gasteiger partial charge >= 0.3 is 12.0 Å². The molecule has 118 valence electrons. The summed E-state index contributed by atoms with van der Waals surface area (Å²) in [6.07, 6.45) is 0.554. The van der Waals surface area contributed by atoms with Gasteiger partial charge in [0.25, 0.3) is 0 Å². The van der Waals surface area contributed by atoms with E-state index in [-0.39, 0.29) is 17.6 Å². The number of nitrogens with one attached hydrogen (secondary N) is 1. The van der Waals surface area contributed by atoms with Crippen molar-refractivity contribution in [2.45, 2.75) is 25.1 Å². The van der Waals surface area contributed by atoms with E-state index in [0.717, 1.165) is 0 Å². The summed E-state index contributed by atoms with van der Waals surface area (Å²) in [7, 11) is 1.58. The number of benzene rings is 1. The Labute approximate surface area is 127 Å². The Morgan fingerprint density at radius 3 is 3.05 bits per heavy atom. The molecule has 1 saturated heterocycles. The van der Waals surface area contributed by atoms with E-state index in [1.54, 1.807) is 24.1 Å². The minimum absolute atomic E-state index is 0.182. The quantitative estimate of drug-likeness (QED) is 0.882. The molecule has 2 aliphatic heterocycles. The van der Waals surface area contributed by atoms with E-state index in [0.29, 0.717) is 30.9 Å². The van der Waals surface area contributed by atoms with E-state index in [9.17, 15) is 9.59 Å². The molecule has 7 nitrogen and oxygen atoms in total. The second kappa shape index (κ2) is 5.17. The molecule has 2 unspecified atom stereocenters. The third-order valence-corrected chi connectivity index (χ3v) is 4.18. The molecule has 0 aromatic heterocycles. The first-order chi connectivity index (χ1) is 10.4. The zero-order valence-corrected chi connectivity index (χ0v) is 12.5. The van der Waals surface area contributed by atoms with Crippen LogP contribution in [0.2, 0.25) is 0 Å². The Morgan fingerprint density at radius 1 is 1.59 bits per heavy atom. The maximum absolute atomic E-state index is 12.3. The van der Waals surface area contributed by atoms with Gasteiger partial charge in [-0.05, 0) is 25.1 Å². The van der Waals surface area contributed by atoms with Gasteiger partial charge in [0.1, 0.15) is 5.75 Å². The Morgan fingerprint density at radius 2 is 2.36 bits per heavy atom. The molecule has 7 heteroatoms. The van der Waals surface area contributed by atoms with E-state index < -0.39 is 11.7 Å². The van der Waals surface area contributed by atoms with Crippen molar-refractivity contribution in [3.8, 4) is 5.75 Å². The number of carbonyl (C=O) groups is 2. The van der Waals surface area contributed by atoms with Crippen LogP contribution in [-0.2, 0) is 4.74 Å². The number of nitrogens with zero attached hydrogens (tertiary/aromatic N) is 1.